The maximum Gasteiger partial charge on any atom is 0.150 e. The highest BCUT2D eigenvalue weighted by atomic mass is 16.6. The molecule has 0 aliphatic carbocycles. The molecule has 4 atom stereocenters. The lowest BCUT2D eigenvalue weighted by Crippen LogP contribution is -2.33. The van der Waals surface area contributed by atoms with Crippen molar-refractivity contribution in [2.24, 2.45) is 0 Å². The molecule has 2 heterocycles. The monoisotopic (exact) mass is 226 g/mol. The third kappa shape index (κ3) is 2.23. The molecule has 0 aromatic rings. The second kappa shape index (κ2) is 4.47. The molecule has 0 N–H and O–H groups in total. The Morgan fingerprint density at radius 3 is 1.62 bits per heavy atom. The summed E-state index contributed by atoms with van der Waals surface area (Å²) in [4.78, 5) is 0. The van der Waals surface area contributed by atoms with Gasteiger partial charge in [0.15, 0.2) is 12.2 Å². The van der Waals surface area contributed by atoms with Crippen molar-refractivity contribution >= 4 is 0 Å². The van der Waals surface area contributed by atoms with Crippen LogP contribution in [-0.4, -0.2) is 37.6 Å². The summed E-state index contributed by atoms with van der Waals surface area (Å²) in [5.41, 5.74) is 0. The second-order valence-electron chi connectivity index (χ2n) is 4.31. The van der Waals surface area contributed by atoms with Gasteiger partial charge in [-0.1, -0.05) is 13.2 Å². The molecule has 0 aromatic carbocycles. The SMILES string of the molecule is C=C(C)O[C@H]1CO[C@H]2[C@@H]1OC[C@H]2OC(=C)C. The first-order chi connectivity index (χ1) is 7.58. The predicted octanol–water partition coefficient (Wildman–Crippen LogP) is 1.62. The molecular formula is C12H18O4. The zero-order chi connectivity index (χ0) is 11.7. The van der Waals surface area contributed by atoms with Crippen LogP contribution in [0.3, 0.4) is 0 Å². The summed E-state index contributed by atoms with van der Waals surface area (Å²) >= 11 is 0. The lowest BCUT2D eigenvalue weighted by Gasteiger charge is -2.18. The summed E-state index contributed by atoms with van der Waals surface area (Å²) in [6.45, 7) is 12.1. The van der Waals surface area contributed by atoms with Gasteiger partial charge >= 0.3 is 0 Å². The first kappa shape index (κ1) is 11.5. The fraction of sp³-hybridized carbons (Fsp3) is 0.667. The van der Waals surface area contributed by atoms with E-state index in [9.17, 15) is 0 Å². The number of hydrogen-bond acceptors (Lipinski definition) is 4. The molecule has 4 nitrogen and oxygen atoms in total. The van der Waals surface area contributed by atoms with E-state index >= 15 is 0 Å². The van der Waals surface area contributed by atoms with Crippen molar-refractivity contribution in [1.82, 2.24) is 0 Å². The molecule has 4 heteroatoms. The van der Waals surface area contributed by atoms with Gasteiger partial charge in [-0.25, -0.2) is 0 Å². The Hall–Kier alpha value is -1.00. The summed E-state index contributed by atoms with van der Waals surface area (Å²) in [5, 5.41) is 0. The van der Waals surface area contributed by atoms with Crippen LogP contribution >= 0.6 is 0 Å². The Balaban J connectivity index is 1.95. The molecule has 90 valence electrons. The molecule has 16 heavy (non-hydrogen) atoms. The van der Waals surface area contributed by atoms with Gasteiger partial charge < -0.3 is 18.9 Å². The van der Waals surface area contributed by atoms with Gasteiger partial charge in [-0.3, -0.25) is 0 Å². The predicted molar refractivity (Wildman–Crippen MR) is 58.9 cm³/mol. The van der Waals surface area contributed by atoms with E-state index in [2.05, 4.69) is 13.2 Å². The van der Waals surface area contributed by atoms with Crippen molar-refractivity contribution in [3.05, 3.63) is 24.7 Å². The summed E-state index contributed by atoms with van der Waals surface area (Å²) < 4.78 is 22.4. The average molecular weight is 226 g/mol. The minimum Gasteiger partial charge on any atom is -0.490 e. The summed E-state index contributed by atoms with van der Waals surface area (Å²) in [6, 6.07) is 0. The Morgan fingerprint density at radius 1 is 0.938 bits per heavy atom. The standard InChI is InChI=1S/C12H18O4/c1-7(2)15-9-5-13-12-10(16-8(3)4)6-14-11(9)12/h9-12H,1,3,5-6H2,2,4H3/t9-,10+,11-,12-/m1/s1. The molecule has 2 saturated heterocycles. The lowest BCUT2D eigenvalue weighted by atomic mass is 10.1. The minimum atomic E-state index is -0.0683. The van der Waals surface area contributed by atoms with Gasteiger partial charge in [0.1, 0.15) is 12.2 Å². The molecule has 0 spiro atoms. The number of hydrogen-bond donors (Lipinski definition) is 0. The van der Waals surface area contributed by atoms with Crippen molar-refractivity contribution in [2.45, 2.75) is 38.3 Å². The zero-order valence-corrected chi connectivity index (χ0v) is 9.77. The first-order valence-electron chi connectivity index (χ1n) is 5.45. The normalized spacial score (nSPS) is 36.9. The zero-order valence-electron chi connectivity index (χ0n) is 9.77. The van der Waals surface area contributed by atoms with E-state index in [0.29, 0.717) is 24.7 Å². The number of ether oxygens (including phenoxy) is 4. The number of allylic oxidation sites excluding steroid dienone is 2. The highest BCUT2D eigenvalue weighted by Crippen LogP contribution is 2.31. The Labute approximate surface area is 95.8 Å². The molecule has 0 saturated carbocycles. The van der Waals surface area contributed by atoms with Crippen molar-refractivity contribution in [3.8, 4) is 0 Å². The maximum atomic E-state index is 5.65. The highest BCUT2D eigenvalue weighted by molar-refractivity contribution is 4.99. The van der Waals surface area contributed by atoms with Crippen LogP contribution in [0.5, 0.6) is 0 Å². The first-order valence-corrected chi connectivity index (χ1v) is 5.45. The second-order valence-corrected chi connectivity index (χ2v) is 4.31. The van der Waals surface area contributed by atoms with E-state index in [1.165, 1.54) is 0 Å². The van der Waals surface area contributed by atoms with E-state index in [1.807, 2.05) is 13.8 Å². The van der Waals surface area contributed by atoms with Gasteiger partial charge in [-0.2, -0.15) is 0 Å². The van der Waals surface area contributed by atoms with Crippen LogP contribution in [0.1, 0.15) is 13.8 Å². The van der Waals surface area contributed by atoms with Crippen LogP contribution in [0.25, 0.3) is 0 Å². The maximum absolute atomic E-state index is 5.65. The molecular weight excluding hydrogens is 208 g/mol. The van der Waals surface area contributed by atoms with E-state index < -0.39 is 0 Å². The van der Waals surface area contributed by atoms with Crippen LogP contribution in [0, 0.1) is 0 Å². The Morgan fingerprint density at radius 2 is 1.31 bits per heavy atom. The van der Waals surface area contributed by atoms with Crippen molar-refractivity contribution in [2.75, 3.05) is 13.2 Å². The quantitative estimate of drug-likeness (QED) is 0.683. The highest BCUT2D eigenvalue weighted by Gasteiger charge is 2.50. The van der Waals surface area contributed by atoms with Gasteiger partial charge in [-0.05, 0) is 13.8 Å². The average Bonchev–Trinajstić information content (AvgIpc) is 2.70. The minimum absolute atomic E-state index is 0.0546. The van der Waals surface area contributed by atoms with E-state index in [-0.39, 0.29) is 24.4 Å². The number of rotatable bonds is 4. The van der Waals surface area contributed by atoms with E-state index in [0.717, 1.165) is 0 Å². The molecule has 0 bridgehead atoms. The summed E-state index contributed by atoms with van der Waals surface area (Å²) in [7, 11) is 0. The number of fused-ring (bicyclic) bond motifs is 1. The largest absolute Gasteiger partial charge is 0.490 e. The van der Waals surface area contributed by atoms with Crippen molar-refractivity contribution in [3.63, 3.8) is 0 Å². The van der Waals surface area contributed by atoms with Gasteiger partial charge in [0.2, 0.25) is 0 Å². The fourth-order valence-electron chi connectivity index (χ4n) is 2.15. The third-order valence-electron chi connectivity index (χ3n) is 2.67. The van der Waals surface area contributed by atoms with Gasteiger partial charge in [0.05, 0.1) is 24.7 Å². The topological polar surface area (TPSA) is 36.9 Å². The molecule has 2 fully saturated rings. The van der Waals surface area contributed by atoms with Crippen molar-refractivity contribution < 1.29 is 18.9 Å². The molecule has 0 radical (unpaired) electrons. The van der Waals surface area contributed by atoms with Crippen LogP contribution in [-0.2, 0) is 18.9 Å². The van der Waals surface area contributed by atoms with Crippen molar-refractivity contribution in [1.29, 1.82) is 0 Å². The molecule has 2 rings (SSSR count). The van der Waals surface area contributed by atoms with E-state index in [4.69, 9.17) is 18.9 Å². The Kier molecular flexibility index (Phi) is 3.21. The summed E-state index contributed by atoms with van der Waals surface area (Å²) in [5.74, 6) is 1.37. The van der Waals surface area contributed by atoms with Gasteiger partial charge in [0, 0.05) is 0 Å². The molecule has 0 aromatic heterocycles. The lowest BCUT2D eigenvalue weighted by molar-refractivity contribution is -0.0185. The molecule has 2 aliphatic rings. The smallest absolute Gasteiger partial charge is 0.150 e. The summed E-state index contributed by atoms with van der Waals surface area (Å²) in [6.07, 6.45) is -0.246. The van der Waals surface area contributed by atoms with Crippen LogP contribution in [0.2, 0.25) is 0 Å². The third-order valence-corrected chi connectivity index (χ3v) is 2.67. The van der Waals surface area contributed by atoms with Gasteiger partial charge in [-0.15, -0.1) is 0 Å². The van der Waals surface area contributed by atoms with Crippen LogP contribution < -0.4 is 0 Å². The van der Waals surface area contributed by atoms with Gasteiger partial charge in [0.25, 0.3) is 0 Å². The fourth-order valence-corrected chi connectivity index (χ4v) is 2.15. The Bertz CT molecular complexity index is 269. The van der Waals surface area contributed by atoms with Crippen LogP contribution in [0.4, 0.5) is 0 Å². The molecule has 0 unspecified atom stereocenters. The van der Waals surface area contributed by atoms with E-state index in [1.54, 1.807) is 0 Å². The molecule has 0 amide bonds. The van der Waals surface area contributed by atoms with Crippen LogP contribution in [0.15, 0.2) is 24.7 Å². The molecule has 2 aliphatic heterocycles.